The lowest BCUT2D eigenvalue weighted by molar-refractivity contribution is -0.138. The predicted octanol–water partition coefficient (Wildman–Crippen LogP) is 3.37. The monoisotopic (exact) mass is 484 g/mol. The second-order valence-corrected chi connectivity index (χ2v) is 11.5. The van der Waals surface area contributed by atoms with Gasteiger partial charge in [-0.05, 0) is 77.0 Å². The summed E-state index contributed by atoms with van der Waals surface area (Å²) in [5, 5.41) is 2.93. The van der Waals surface area contributed by atoms with E-state index in [-0.39, 0.29) is 17.0 Å². The molecular weight excluding hydrogens is 440 g/mol. The average Bonchev–Trinajstić information content (AvgIpc) is 2.82. The number of fused-ring (bicyclic) bond motifs is 1. The summed E-state index contributed by atoms with van der Waals surface area (Å²) in [5.74, 6) is -0.0120. The largest absolute Gasteiger partial charge is 0.338 e. The molecule has 1 aromatic heterocycles. The van der Waals surface area contributed by atoms with Gasteiger partial charge < -0.3 is 19.7 Å². The highest BCUT2D eigenvalue weighted by atomic mass is 16.2. The lowest BCUT2D eigenvalue weighted by Gasteiger charge is -2.37. The maximum absolute atomic E-state index is 13.7. The number of aromatic nitrogens is 1. The number of hydrogen-bond acceptors (Lipinski definition) is 4. The van der Waals surface area contributed by atoms with Crippen LogP contribution >= 0.6 is 0 Å². The Balaban J connectivity index is 1.60. The smallest absolute Gasteiger partial charge is 0.263 e. The zero-order valence-corrected chi connectivity index (χ0v) is 22.0. The summed E-state index contributed by atoms with van der Waals surface area (Å²) >= 11 is 0. The molecule has 2 aliphatic carbocycles. The molecule has 0 unspecified atom stereocenters. The summed E-state index contributed by atoms with van der Waals surface area (Å²) in [6, 6.07) is 1.84. The number of carbonyl (C=O) groups excluding carboxylic acids is 2. The first-order chi connectivity index (χ1) is 16.8. The average molecular weight is 485 g/mol. The fraction of sp³-hybridized carbons (Fsp3) is 0.750. The molecule has 0 aromatic carbocycles. The van der Waals surface area contributed by atoms with E-state index in [1.54, 1.807) is 13.8 Å². The number of likely N-dealkylation sites (N-methyl/N-ethyl adjacent to an activating group) is 1. The van der Waals surface area contributed by atoms with E-state index >= 15 is 0 Å². The van der Waals surface area contributed by atoms with Crippen molar-refractivity contribution in [3.8, 4) is 0 Å². The van der Waals surface area contributed by atoms with Crippen molar-refractivity contribution in [2.75, 3.05) is 33.2 Å². The first-order valence-corrected chi connectivity index (χ1v) is 13.8. The summed E-state index contributed by atoms with van der Waals surface area (Å²) in [5.41, 5.74) is 1.23. The Morgan fingerprint density at radius 2 is 1.57 bits per heavy atom. The maximum Gasteiger partial charge on any atom is 0.263 e. The molecule has 194 valence electrons. The Morgan fingerprint density at radius 3 is 2.26 bits per heavy atom. The number of nitrogens with one attached hydrogen (secondary N) is 1. The number of pyridine rings is 1. The van der Waals surface area contributed by atoms with Crippen LogP contribution in [-0.2, 0) is 24.2 Å². The van der Waals surface area contributed by atoms with E-state index in [4.69, 9.17) is 0 Å². The van der Waals surface area contributed by atoms with E-state index in [1.807, 2.05) is 22.6 Å². The van der Waals surface area contributed by atoms with E-state index in [0.717, 1.165) is 62.9 Å². The minimum atomic E-state index is -1.07. The number of aryl methyl sites for hydroxylation is 1. The van der Waals surface area contributed by atoms with Gasteiger partial charge in [-0.1, -0.05) is 32.1 Å². The van der Waals surface area contributed by atoms with Gasteiger partial charge in [0.1, 0.15) is 11.1 Å². The van der Waals surface area contributed by atoms with Gasteiger partial charge in [-0.2, -0.15) is 0 Å². The standard InChI is InChI=1S/C28H44N4O3/c1-28(2,27(35)31-17-15-30(3)16-18-31)29-25(33)23-19-22-13-9-4-5-10-14-24(22)32(26(23)34)20-21-11-7-6-8-12-21/h19,21H,4-18,20H2,1-3H3,(H,29,33). The van der Waals surface area contributed by atoms with Crippen LogP contribution in [0.5, 0.6) is 0 Å². The highest BCUT2D eigenvalue weighted by molar-refractivity contribution is 5.99. The molecule has 1 saturated carbocycles. The van der Waals surface area contributed by atoms with Gasteiger partial charge in [0.05, 0.1) is 0 Å². The van der Waals surface area contributed by atoms with Gasteiger partial charge in [-0.15, -0.1) is 0 Å². The topological polar surface area (TPSA) is 74.7 Å². The maximum atomic E-state index is 13.7. The van der Waals surface area contributed by atoms with E-state index in [2.05, 4.69) is 10.2 Å². The van der Waals surface area contributed by atoms with E-state index < -0.39 is 11.4 Å². The Morgan fingerprint density at radius 1 is 0.943 bits per heavy atom. The van der Waals surface area contributed by atoms with Crippen LogP contribution < -0.4 is 10.9 Å². The van der Waals surface area contributed by atoms with Crippen LogP contribution in [0, 0.1) is 5.92 Å². The number of piperazine rings is 1. The van der Waals surface area contributed by atoms with Crippen molar-refractivity contribution in [3.63, 3.8) is 0 Å². The Labute approximate surface area is 210 Å². The molecule has 0 bridgehead atoms. The molecule has 3 aliphatic rings. The van der Waals surface area contributed by atoms with Gasteiger partial charge in [-0.3, -0.25) is 14.4 Å². The zero-order chi connectivity index (χ0) is 25.0. The third-order valence-corrected chi connectivity index (χ3v) is 8.26. The minimum Gasteiger partial charge on any atom is -0.338 e. The number of rotatable bonds is 5. The van der Waals surface area contributed by atoms with Crippen LogP contribution in [0.4, 0.5) is 0 Å². The summed E-state index contributed by atoms with van der Waals surface area (Å²) < 4.78 is 1.95. The molecule has 0 radical (unpaired) electrons. The molecule has 1 aliphatic heterocycles. The van der Waals surface area contributed by atoms with Gasteiger partial charge in [0.15, 0.2) is 0 Å². The van der Waals surface area contributed by atoms with E-state index in [0.29, 0.717) is 25.6 Å². The Kier molecular flexibility index (Phi) is 8.35. The molecule has 0 atom stereocenters. The van der Waals surface area contributed by atoms with Crippen molar-refractivity contribution >= 4 is 11.8 Å². The van der Waals surface area contributed by atoms with E-state index in [1.165, 1.54) is 32.1 Å². The highest BCUT2D eigenvalue weighted by Crippen LogP contribution is 2.27. The van der Waals surface area contributed by atoms with Crippen LogP contribution in [0.15, 0.2) is 10.9 Å². The van der Waals surface area contributed by atoms with Crippen LogP contribution in [-0.4, -0.2) is 64.9 Å². The second-order valence-electron chi connectivity index (χ2n) is 11.5. The molecule has 7 heteroatoms. The quantitative estimate of drug-likeness (QED) is 0.695. The SMILES string of the molecule is CN1CCN(C(=O)C(C)(C)NC(=O)c2cc3c(n(CC4CCCCC4)c2=O)CCCCCC3)CC1. The predicted molar refractivity (Wildman–Crippen MR) is 139 cm³/mol. The summed E-state index contributed by atoms with van der Waals surface area (Å²) in [6.45, 7) is 7.17. The summed E-state index contributed by atoms with van der Waals surface area (Å²) in [4.78, 5) is 44.5. The van der Waals surface area contributed by atoms with Crippen molar-refractivity contribution < 1.29 is 9.59 Å². The first kappa shape index (κ1) is 25.9. The molecule has 1 N–H and O–H groups in total. The molecule has 1 aromatic rings. The van der Waals surface area contributed by atoms with Gasteiger partial charge in [0.2, 0.25) is 5.91 Å². The molecule has 4 rings (SSSR count). The molecule has 7 nitrogen and oxygen atoms in total. The lowest BCUT2D eigenvalue weighted by atomic mass is 9.88. The highest BCUT2D eigenvalue weighted by Gasteiger charge is 2.36. The third kappa shape index (κ3) is 6.16. The lowest BCUT2D eigenvalue weighted by Crippen LogP contribution is -2.59. The van der Waals surface area contributed by atoms with Crippen molar-refractivity contribution in [3.05, 3.63) is 33.2 Å². The fourth-order valence-corrected chi connectivity index (χ4v) is 6.03. The van der Waals surface area contributed by atoms with Crippen LogP contribution in [0.1, 0.15) is 93.3 Å². The van der Waals surface area contributed by atoms with Crippen LogP contribution in [0.2, 0.25) is 0 Å². The minimum absolute atomic E-state index is 0.0901. The number of carbonyl (C=O) groups is 2. The normalized spacial score (nSPS) is 20.6. The molecule has 1 saturated heterocycles. The second kappa shape index (κ2) is 11.3. The van der Waals surface area contributed by atoms with Crippen molar-refractivity contribution in [2.24, 2.45) is 5.92 Å². The third-order valence-electron chi connectivity index (χ3n) is 8.26. The van der Waals surface area contributed by atoms with Crippen molar-refractivity contribution in [1.29, 1.82) is 0 Å². The van der Waals surface area contributed by atoms with Crippen LogP contribution in [0.3, 0.4) is 0 Å². The van der Waals surface area contributed by atoms with Crippen LogP contribution in [0.25, 0.3) is 0 Å². The van der Waals surface area contributed by atoms with Crippen molar-refractivity contribution in [2.45, 2.75) is 96.6 Å². The number of hydrogen-bond donors (Lipinski definition) is 1. The van der Waals surface area contributed by atoms with Gasteiger partial charge in [0, 0.05) is 38.4 Å². The molecule has 2 heterocycles. The van der Waals surface area contributed by atoms with Crippen molar-refractivity contribution in [1.82, 2.24) is 19.7 Å². The molecule has 0 spiro atoms. The molecule has 35 heavy (non-hydrogen) atoms. The van der Waals surface area contributed by atoms with Gasteiger partial charge >= 0.3 is 0 Å². The van der Waals surface area contributed by atoms with E-state index in [9.17, 15) is 14.4 Å². The molecule has 2 fully saturated rings. The summed E-state index contributed by atoms with van der Waals surface area (Å²) in [7, 11) is 2.05. The number of amides is 2. The van der Waals surface area contributed by atoms with Gasteiger partial charge in [0.25, 0.3) is 11.5 Å². The Hall–Kier alpha value is -2.15. The summed E-state index contributed by atoms with van der Waals surface area (Å²) in [6.07, 6.45) is 12.4. The zero-order valence-electron chi connectivity index (χ0n) is 22.0. The molecular formula is C28H44N4O3. The van der Waals surface area contributed by atoms with Gasteiger partial charge in [-0.25, -0.2) is 0 Å². The Bertz CT molecular complexity index is 969. The number of nitrogens with zero attached hydrogens (tertiary/aromatic N) is 3. The first-order valence-electron chi connectivity index (χ1n) is 13.8. The fourth-order valence-electron chi connectivity index (χ4n) is 6.03. The molecule has 2 amide bonds.